The first-order valence-electron chi connectivity index (χ1n) is 7.50. The van der Waals surface area contributed by atoms with Crippen molar-refractivity contribution in [3.05, 3.63) is 59.2 Å². The summed E-state index contributed by atoms with van der Waals surface area (Å²) < 4.78 is 38.0. The van der Waals surface area contributed by atoms with Crippen molar-refractivity contribution in [1.82, 2.24) is 0 Å². The summed E-state index contributed by atoms with van der Waals surface area (Å²) in [5.74, 6) is -1.23. The summed E-state index contributed by atoms with van der Waals surface area (Å²) >= 11 is 0. The van der Waals surface area contributed by atoms with Crippen molar-refractivity contribution in [1.29, 1.82) is 0 Å². The zero-order valence-corrected chi connectivity index (χ0v) is 13.7. The van der Waals surface area contributed by atoms with Crippen molar-refractivity contribution in [2.24, 2.45) is 0 Å². The summed E-state index contributed by atoms with van der Waals surface area (Å²) in [6.45, 7) is 3.65. The SMILES string of the molecule is Cc1cccc(C)c1NC(=O)CC(=O)Nc1cccc(C(F)(F)F)c1. The summed E-state index contributed by atoms with van der Waals surface area (Å²) in [6.07, 6.45) is -5.00. The van der Waals surface area contributed by atoms with E-state index in [9.17, 15) is 22.8 Å². The molecule has 2 N–H and O–H groups in total. The van der Waals surface area contributed by atoms with Crippen LogP contribution in [-0.2, 0) is 15.8 Å². The zero-order valence-electron chi connectivity index (χ0n) is 13.7. The van der Waals surface area contributed by atoms with Gasteiger partial charge in [0.25, 0.3) is 0 Å². The van der Waals surface area contributed by atoms with E-state index in [1.54, 1.807) is 0 Å². The molecule has 2 rings (SSSR count). The number of amides is 2. The molecule has 0 fully saturated rings. The van der Waals surface area contributed by atoms with Gasteiger partial charge in [-0.1, -0.05) is 24.3 Å². The van der Waals surface area contributed by atoms with Crippen molar-refractivity contribution >= 4 is 23.2 Å². The largest absolute Gasteiger partial charge is 0.416 e. The third-order valence-corrected chi connectivity index (χ3v) is 3.54. The van der Waals surface area contributed by atoms with Crippen LogP contribution in [-0.4, -0.2) is 11.8 Å². The van der Waals surface area contributed by atoms with Gasteiger partial charge in [-0.25, -0.2) is 0 Å². The number of anilines is 2. The van der Waals surface area contributed by atoms with Crippen molar-refractivity contribution < 1.29 is 22.8 Å². The third kappa shape index (κ3) is 5.07. The highest BCUT2D eigenvalue weighted by Crippen LogP contribution is 2.30. The molecular formula is C18H17F3N2O2. The van der Waals surface area contributed by atoms with Gasteiger partial charge in [0.1, 0.15) is 6.42 Å². The highest BCUT2D eigenvalue weighted by Gasteiger charge is 2.30. The van der Waals surface area contributed by atoms with Gasteiger partial charge in [-0.15, -0.1) is 0 Å². The highest BCUT2D eigenvalue weighted by atomic mass is 19.4. The molecule has 0 aliphatic carbocycles. The van der Waals surface area contributed by atoms with Crippen LogP contribution in [0.15, 0.2) is 42.5 Å². The molecule has 0 saturated carbocycles. The fraction of sp³-hybridized carbons (Fsp3) is 0.222. The van der Waals surface area contributed by atoms with E-state index in [0.29, 0.717) is 5.69 Å². The molecule has 0 radical (unpaired) electrons. The van der Waals surface area contributed by atoms with E-state index in [-0.39, 0.29) is 5.69 Å². The highest BCUT2D eigenvalue weighted by molar-refractivity contribution is 6.08. The Hall–Kier alpha value is -2.83. The lowest BCUT2D eigenvalue weighted by atomic mass is 10.1. The molecule has 0 saturated heterocycles. The van der Waals surface area contributed by atoms with Gasteiger partial charge in [-0.2, -0.15) is 13.2 Å². The quantitative estimate of drug-likeness (QED) is 0.808. The zero-order chi connectivity index (χ0) is 18.6. The van der Waals surface area contributed by atoms with Gasteiger partial charge in [-0.05, 0) is 43.2 Å². The van der Waals surface area contributed by atoms with Gasteiger partial charge in [-0.3, -0.25) is 9.59 Å². The number of carbonyl (C=O) groups is 2. The molecule has 2 amide bonds. The van der Waals surface area contributed by atoms with Crippen LogP contribution in [0.4, 0.5) is 24.5 Å². The Morgan fingerprint density at radius 3 is 2.08 bits per heavy atom. The first-order valence-corrected chi connectivity index (χ1v) is 7.50. The standard InChI is InChI=1S/C18H17F3N2O2/c1-11-5-3-6-12(2)17(11)23-16(25)10-15(24)22-14-8-4-7-13(9-14)18(19,20)21/h3-9H,10H2,1-2H3,(H,22,24)(H,23,25). The van der Waals surface area contributed by atoms with Crippen molar-refractivity contribution in [3.63, 3.8) is 0 Å². The molecule has 0 heterocycles. The Kier molecular flexibility index (Phi) is 5.46. The maximum absolute atomic E-state index is 12.7. The van der Waals surface area contributed by atoms with Gasteiger partial charge in [0.2, 0.25) is 11.8 Å². The summed E-state index contributed by atoms with van der Waals surface area (Å²) in [4.78, 5) is 23.9. The summed E-state index contributed by atoms with van der Waals surface area (Å²) in [6, 6.07) is 9.74. The molecule has 0 aliphatic rings. The second-order valence-corrected chi connectivity index (χ2v) is 5.62. The Labute approximate surface area is 143 Å². The van der Waals surface area contributed by atoms with E-state index in [2.05, 4.69) is 10.6 Å². The lowest BCUT2D eigenvalue weighted by Crippen LogP contribution is -2.22. The first-order chi connectivity index (χ1) is 11.7. The summed E-state index contributed by atoms with van der Waals surface area (Å²) in [5, 5.41) is 4.95. The van der Waals surface area contributed by atoms with E-state index in [4.69, 9.17) is 0 Å². The van der Waals surface area contributed by atoms with Gasteiger partial charge in [0, 0.05) is 11.4 Å². The minimum Gasteiger partial charge on any atom is -0.326 e. The number of nitrogens with one attached hydrogen (secondary N) is 2. The molecule has 0 unspecified atom stereocenters. The number of hydrogen-bond donors (Lipinski definition) is 2. The Morgan fingerprint density at radius 2 is 1.48 bits per heavy atom. The van der Waals surface area contributed by atoms with Crippen LogP contribution in [0.25, 0.3) is 0 Å². The smallest absolute Gasteiger partial charge is 0.326 e. The van der Waals surface area contributed by atoms with Crippen LogP contribution in [0.1, 0.15) is 23.1 Å². The van der Waals surface area contributed by atoms with E-state index in [1.807, 2.05) is 32.0 Å². The Balaban J connectivity index is 2.00. The molecule has 2 aromatic rings. The molecule has 0 aliphatic heterocycles. The normalized spacial score (nSPS) is 11.1. The average molecular weight is 350 g/mol. The minimum absolute atomic E-state index is 0.0142. The first kappa shape index (κ1) is 18.5. The predicted molar refractivity (Wildman–Crippen MR) is 89.2 cm³/mol. The fourth-order valence-corrected chi connectivity index (χ4v) is 2.32. The van der Waals surface area contributed by atoms with Gasteiger partial charge >= 0.3 is 6.18 Å². The van der Waals surface area contributed by atoms with Crippen LogP contribution in [0.5, 0.6) is 0 Å². The molecule has 4 nitrogen and oxygen atoms in total. The molecule has 0 bridgehead atoms. The lowest BCUT2D eigenvalue weighted by Gasteiger charge is -2.12. The number of para-hydroxylation sites is 1. The van der Waals surface area contributed by atoms with Gasteiger partial charge in [0.15, 0.2) is 0 Å². The van der Waals surface area contributed by atoms with Crippen LogP contribution in [0.2, 0.25) is 0 Å². The molecule has 0 atom stereocenters. The molecule has 7 heteroatoms. The number of halogens is 3. The predicted octanol–water partition coefficient (Wildman–Crippen LogP) is 4.29. The monoisotopic (exact) mass is 350 g/mol. The van der Waals surface area contributed by atoms with Crippen LogP contribution >= 0.6 is 0 Å². The number of alkyl halides is 3. The summed E-state index contributed by atoms with van der Waals surface area (Å²) in [7, 11) is 0. The molecule has 0 aromatic heterocycles. The molecule has 2 aromatic carbocycles. The second kappa shape index (κ2) is 7.38. The van der Waals surface area contributed by atoms with Crippen molar-refractivity contribution in [2.75, 3.05) is 10.6 Å². The average Bonchev–Trinajstić information content (AvgIpc) is 2.50. The van der Waals surface area contributed by atoms with Crippen LogP contribution in [0, 0.1) is 13.8 Å². The number of aryl methyl sites for hydroxylation is 2. The van der Waals surface area contributed by atoms with E-state index in [0.717, 1.165) is 23.3 Å². The van der Waals surface area contributed by atoms with Gasteiger partial charge in [0.05, 0.1) is 5.56 Å². The van der Waals surface area contributed by atoms with Gasteiger partial charge < -0.3 is 10.6 Å². The third-order valence-electron chi connectivity index (χ3n) is 3.54. The summed E-state index contributed by atoms with van der Waals surface area (Å²) in [5.41, 5.74) is 1.45. The maximum atomic E-state index is 12.7. The minimum atomic E-state index is -4.50. The lowest BCUT2D eigenvalue weighted by molar-refractivity contribution is -0.137. The number of hydrogen-bond acceptors (Lipinski definition) is 2. The van der Waals surface area contributed by atoms with E-state index < -0.39 is 30.0 Å². The molecule has 0 spiro atoms. The van der Waals surface area contributed by atoms with Crippen molar-refractivity contribution in [2.45, 2.75) is 26.4 Å². The van der Waals surface area contributed by atoms with Crippen LogP contribution < -0.4 is 10.6 Å². The molecular weight excluding hydrogens is 333 g/mol. The fourth-order valence-electron chi connectivity index (χ4n) is 2.32. The molecule has 132 valence electrons. The Bertz CT molecular complexity index is 781. The maximum Gasteiger partial charge on any atom is 0.416 e. The van der Waals surface area contributed by atoms with E-state index >= 15 is 0 Å². The molecule has 25 heavy (non-hydrogen) atoms. The Morgan fingerprint density at radius 1 is 0.920 bits per heavy atom. The van der Waals surface area contributed by atoms with Crippen molar-refractivity contribution in [3.8, 4) is 0 Å². The number of carbonyl (C=O) groups excluding carboxylic acids is 2. The second-order valence-electron chi connectivity index (χ2n) is 5.62. The number of benzene rings is 2. The van der Waals surface area contributed by atoms with Crippen LogP contribution in [0.3, 0.4) is 0 Å². The number of rotatable bonds is 4. The van der Waals surface area contributed by atoms with E-state index in [1.165, 1.54) is 12.1 Å². The topological polar surface area (TPSA) is 58.2 Å².